The zero-order valence-electron chi connectivity index (χ0n) is 17.1. The fourth-order valence-corrected chi connectivity index (χ4v) is 4.20. The van der Waals surface area contributed by atoms with E-state index in [2.05, 4.69) is 10.1 Å². The van der Waals surface area contributed by atoms with E-state index in [-0.39, 0.29) is 5.75 Å². The summed E-state index contributed by atoms with van der Waals surface area (Å²) in [6.07, 6.45) is 10.1. The Kier molecular flexibility index (Phi) is 8.66. The van der Waals surface area contributed by atoms with Gasteiger partial charge in [0, 0.05) is 5.69 Å². The molecule has 0 amide bonds. The Bertz CT molecular complexity index is 840. The maximum absolute atomic E-state index is 10.7. The molecule has 0 atom stereocenters. The van der Waals surface area contributed by atoms with Crippen molar-refractivity contribution in [2.24, 2.45) is 11.1 Å². The van der Waals surface area contributed by atoms with Crippen LogP contribution in [0.2, 0.25) is 0 Å². The molecule has 4 heterocycles. The van der Waals surface area contributed by atoms with Crippen LogP contribution in [0.1, 0.15) is 49.9 Å². The highest BCUT2D eigenvalue weighted by atomic mass is 32.2. The van der Waals surface area contributed by atoms with Gasteiger partial charge in [-0.3, -0.25) is 0 Å². The monoisotopic (exact) mass is 467 g/mol. The van der Waals surface area contributed by atoms with Gasteiger partial charge in [0.2, 0.25) is 0 Å². The molecule has 2 bridgehead atoms. The summed E-state index contributed by atoms with van der Waals surface area (Å²) in [7, 11) is -6.09. The molecule has 0 radical (unpaired) electrons. The molecule has 8 nitrogen and oxygen atoms in total. The van der Waals surface area contributed by atoms with Gasteiger partial charge in [-0.25, -0.2) is 13.4 Å². The molecule has 3 aliphatic heterocycles. The van der Waals surface area contributed by atoms with Gasteiger partial charge in [0.05, 0.1) is 32.4 Å². The predicted octanol–water partition coefficient (Wildman–Crippen LogP) is 2.99. The molecule has 31 heavy (non-hydrogen) atoms. The molecule has 1 aromatic heterocycles. The van der Waals surface area contributed by atoms with Gasteiger partial charge in [-0.1, -0.05) is 5.16 Å². The average Bonchev–Trinajstić information content (AvgIpc) is 2.70. The number of quaternary nitrogens is 1. The average molecular weight is 468 g/mol. The topological polar surface area (TPSA) is 123 Å². The molecular weight excluding hydrogens is 439 g/mol. The Labute approximate surface area is 179 Å². The van der Waals surface area contributed by atoms with Crippen molar-refractivity contribution >= 4 is 16.3 Å². The molecule has 0 spiro atoms. The van der Waals surface area contributed by atoms with Gasteiger partial charge in [-0.05, 0) is 63.0 Å². The van der Waals surface area contributed by atoms with Crippen molar-refractivity contribution in [3.05, 3.63) is 23.5 Å². The number of piperidine rings is 3. The van der Waals surface area contributed by atoms with Crippen molar-refractivity contribution in [3.63, 3.8) is 0 Å². The van der Waals surface area contributed by atoms with Crippen LogP contribution in [-0.2, 0) is 16.5 Å². The highest BCUT2D eigenvalue weighted by molar-refractivity contribution is 7.86. The van der Waals surface area contributed by atoms with Crippen LogP contribution < -0.4 is 0 Å². The molecule has 3 aliphatic rings. The first-order chi connectivity index (χ1) is 14.5. The van der Waals surface area contributed by atoms with E-state index in [0.29, 0.717) is 5.69 Å². The largest absolute Gasteiger partial charge is 0.741 e. The lowest BCUT2D eigenvalue weighted by atomic mass is 9.85. The van der Waals surface area contributed by atoms with Crippen LogP contribution in [0.3, 0.4) is 0 Å². The zero-order chi connectivity index (χ0) is 23.1. The second-order valence-corrected chi connectivity index (χ2v) is 9.50. The molecular formula is C19H28F3N3O5S. The third-order valence-corrected chi connectivity index (χ3v) is 6.59. The van der Waals surface area contributed by atoms with E-state index in [9.17, 15) is 18.3 Å². The summed E-state index contributed by atoms with van der Waals surface area (Å²) in [6.45, 7) is 5.58. The van der Waals surface area contributed by atoms with E-state index < -0.39 is 15.6 Å². The van der Waals surface area contributed by atoms with Gasteiger partial charge in [-0.15, -0.1) is 0 Å². The summed E-state index contributed by atoms with van der Waals surface area (Å²) in [5, 5.41) is 21.1. The third-order valence-electron chi connectivity index (χ3n) is 6.02. The number of alkyl halides is 3. The second-order valence-electron chi connectivity index (χ2n) is 8.13. The number of unbranched alkanes of at least 4 members (excludes halogenated alkanes) is 2. The maximum atomic E-state index is 10.7. The number of aryl methyl sites for hydroxylation is 1. The minimum Gasteiger partial charge on any atom is -0.741 e. The molecule has 176 valence electrons. The van der Waals surface area contributed by atoms with E-state index in [1.165, 1.54) is 69.0 Å². The number of halogens is 3. The van der Waals surface area contributed by atoms with E-state index >= 15 is 0 Å². The van der Waals surface area contributed by atoms with Gasteiger partial charge in [0.25, 0.3) is 0 Å². The van der Waals surface area contributed by atoms with Crippen LogP contribution in [0, 0.1) is 5.92 Å². The van der Waals surface area contributed by atoms with Crippen LogP contribution in [0.25, 0.3) is 0 Å². The van der Waals surface area contributed by atoms with E-state index in [1.807, 2.05) is 6.07 Å². The Balaban J connectivity index is 0.000000366. The lowest BCUT2D eigenvalue weighted by Crippen LogP contribution is -2.58. The SMILES string of the molecule is O=S(=O)([O-])C(F)(F)F.ON=Cc1nc(CCCCC[N+]23CCC(CC2)CC3)ccc1O. The third kappa shape index (κ3) is 7.62. The zero-order valence-corrected chi connectivity index (χ0v) is 17.9. The van der Waals surface area contributed by atoms with Crippen molar-refractivity contribution in [1.82, 2.24) is 4.98 Å². The lowest BCUT2D eigenvalue weighted by molar-refractivity contribution is -0.942. The van der Waals surface area contributed by atoms with Crippen LogP contribution in [-0.4, -0.2) is 70.7 Å². The van der Waals surface area contributed by atoms with Crippen LogP contribution in [0.5, 0.6) is 5.75 Å². The van der Waals surface area contributed by atoms with Gasteiger partial charge in [0.15, 0.2) is 10.1 Å². The van der Waals surface area contributed by atoms with Gasteiger partial charge in [0.1, 0.15) is 11.4 Å². The first-order valence-corrected chi connectivity index (χ1v) is 11.6. The summed E-state index contributed by atoms with van der Waals surface area (Å²) in [5.74, 6) is 1.09. The van der Waals surface area contributed by atoms with Crippen molar-refractivity contribution in [2.75, 3.05) is 26.2 Å². The van der Waals surface area contributed by atoms with E-state index in [4.69, 9.17) is 18.2 Å². The summed E-state index contributed by atoms with van der Waals surface area (Å²) in [4.78, 5) is 4.32. The summed E-state index contributed by atoms with van der Waals surface area (Å²) in [5.41, 5.74) is -4.37. The normalized spacial score (nSPS) is 23.5. The number of oxime groups is 1. The summed E-state index contributed by atoms with van der Waals surface area (Å²) >= 11 is 0. The Morgan fingerprint density at radius 2 is 1.74 bits per heavy atom. The highest BCUT2D eigenvalue weighted by Crippen LogP contribution is 2.33. The number of rotatable bonds is 7. The molecule has 2 N–H and O–H groups in total. The van der Waals surface area contributed by atoms with E-state index in [0.717, 1.165) is 24.5 Å². The molecule has 3 fully saturated rings. The Morgan fingerprint density at radius 1 is 1.16 bits per heavy atom. The first kappa shape index (κ1) is 25.3. The van der Waals surface area contributed by atoms with Crippen molar-refractivity contribution in [2.45, 2.75) is 50.5 Å². The number of hydrogen-bond acceptors (Lipinski definition) is 7. The molecule has 0 saturated carbocycles. The van der Waals surface area contributed by atoms with Gasteiger partial charge in [-0.2, -0.15) is 13.2 Å². The highest BCUT2D eigenvalue weighted by Gasteiger charge is 2.39. The number of nitrogens with zero attached hydrogens (tertiary/aromatic N) is 3. The van der Waals surface area contributed by atoms with Crippen LogP contribution >= 0.6 is 0 Å². The minimum absolute atomic E-state index is 0.0517. The van der Waals surface area contributed by atoms with Gasteiger partial charge >= 0.3 is 5.51 Å². The molecule has 0 aliphatic carbocycles. The first-order valence-electron chi connectivity index (χ1n) is 10.2. The molecule has 4 rings (SSSR count). The fourth-order valence-electron chi connectivity index (χ4n) is 4.20. The Hall–Kier alpha value is -1.92. The predicted molar refractivity (Wildman–Crippen MR) is 106 cm³/mol. The quantitative estimate of drug-likeness (QED) is 0.121. The molecule has 12 heteroatoms. The van der Waals surface area contributed by atoms with E-state index in [1.54, 1.807) is 6.07 Å². The molecule has 1 aromatic rings. The van der Waals surface area contributed by atoms with Crippen LogP contribution in [0.4, 0.5) is 13.2 Å². The van der Waals surface area contributed by atoms with Crippen molar-refractivity contribution in [1.29, 1.82) is 0 Å². The van der Waals surface area contributed by atoms with Crippen molar-refractivity contribution < 1.29 is 40.9 Å². The lowest BCUT2D eigenvalue weighted by Gasteiger charge is -2.49. The number of pyridine rings is 1. The van der Waals surface area contributed by atoms with Crippen molar-refractivity contribution in [3.8, 4) is 5.75 Å². The summed E-state index contributed by atoms with van der Waals surface area (Å²) < 4.78 is 60.3. The fraction of sp³-hybridized carbons (Fsp3) is 0.684. The second kappa shape index (κ2) is 10.6. The number of aromatic hydroxyl groups is 1. The maximum Gasteiger partial charge on any atom is 0.485 e. The van der Waals surface area contributed by atoms with Gasteiger partial charge < -0.3 is 19.3 Å². The standard InChI is InChI=1S/C18H27N3O2.CHF3O3S/c22-18-6-5-16(20-17(18)14-19-23)4-2-1-3-10-21-11-7-15(8-12-21)9-13-21;2-1(3,4)8(5,6)7/h5-6,14-15H,1-4,7-13H2,(H-,19,20,22,23);(H,5,6,7). The molecule has 0 aromatic carbocycles. The summed E-state index contributed by atoms with van der Waals surface area (Å²) in [6, 6.07) is 3.47. The Morgan fingerprint density at radius 3 is 2.26 bits per heavy atom. The number of hydrogen-bond donors (Lipinski definition) is 2. The molecule has 0 unspecified atom stereocenters. The number of aromatic nitrogens is 1. The number of fused-ring (bicyclic) bond motifs is 3. The smallest absolute Gasteiger partial charge is 0.485 e. The van der Waals surface area contributed by atoms with Crippen LogP contribution in [0.15, 0.2) is 17.3 Å². The molecule has 3 saturated heterocycles. The minimum atomic E-state index is -6.09.